The average Bonchev–Trinajstić information content (AvgIpc) is 2.68. The van der Waals surface area contributed by atoms with Crippen LogP contribution in [0.25, 0.3) is 16.8 Å². The molecule has 0 saturated carbocycles. The summed E-state index contributed by atoms with van der Waals surface area (Å²) in [6, 6.07) is 9.47. The third-order valence-corrected chi connectivity index (χ3v) is 4.43. The van der Waals surface area contributed by atoms with Gasteiger partial charge in [-0.15, -0.1) is 0 Å². The van der Waals surface area contributed by atoms with Crippen LogP contribution in [-0.2, 0) is 6.54 Å². The SMILES string of the molecule is Cc1cccn2c(=O)c(-c3ccccc3F)c(O)[n+](Cc3cncnc3)c12. The molecule has 4 aromatic rings. The lowest BCUT2D eigenvalue weighted by molar-refractivity contribution is -0.672. The Morgan fingerprint density at radius 3 is 2.63 bits per heavy atom. The second-order valence-electron chi connectivity index (χ2n) is 6.20. The number of benzene rings is 1. The maximum atomic E-state index is 14.4. The Morgan fingerprint density at radius 2 is 1.89 bits per heavy atom. The van der Waals surface area contributed by atoms with Crippen molar-refractivity contribution in [3.8, 4) is 17.0 Å². The average molecular weight is 363 g/mol. The molecular weight excluding hydrogens is 347 g/mol. The van der Waals surface area contributed by atoms with E-state index in [2.05, 4.69) is 9.97 Å². The van der Waals surface area contributed by atoms with E-state index in [1.807, 2.05) is 13.0 Å². The summed E-state index contributed by atoms with van der Waals surface area (Å²) >= 11 is 0. The van der Waals surface area contributed by atoms with Gasteiger partial charge in [-0.25, -0.2) is 19.2 Å². The molecule has 7 heteroatoms. The number of halogens is 1. The van der Waals surface area contributed by atoms with Crippen LogP contribution in [0.1, 0.15) is 11.1 Å². The first kappa shape index (κ1) is 16.8. The Hall–Kier alpha value is -3.61. The molecule has 0 fully saturated rings. The van der Waals surface area contributed by atoms with Crippen LogP contribution >= 0.6 is 0 Å². The van der Waals surface area contributed by atoms with E-state index in [0.717, 1.165) is 11.1 Å². The predicted molar refractivity (Wildman–Crippen MR) is 96.8 cm³/mol. The fraction of sp³-hybridized carbons (Fsp3) is 0.100. The molecule has 0 saturated heterocycles. The van der Waals surface area contributed by atoms with Crippen molar-refractivity contribution in [2.45, 2.75) is 13.5 Å². The highest BCUT2D eigenvalue weighted by atomic mass is 19.1. The molecule has 27 heavy (non-hydrogen) atoms. The van der Waals surface area contributed by atoms with Crippen molar-refractivity contribution < 1.29 is 14.1 Å². The largest absolute Gasteiger partial charge is 0.477 e. The van der Waals surface area contributed by atoms with Crippen LogP contribution in [0.2, 0.25) is 0 Å². The Morgan fingerprint density at radius 1 is 1.15 bits per heavy atom. The number of aryl methyl sites for hydroxylation is 1. The number of aromatic hydroxyl groups is 1. The molecule has 0 radical (unpaired) electrons. The molecule has 0 spiro atoms. The molecule has 3 heterocycles. The summed E-state index contributed by atoms with van der Waals surface area (Å²) in [4.78, 5) is 21.0. The van der Waals surface area contributed by atoms with Crippen molar-refractivity contribution in [3.63, 3.8) is 0 Å². The molecule has 0 unspecified atom stereocenters. The number of aromatic nitrogens is 4. The molecule has 0 aliphatic carbocycles. The lowest BCUT2D eigenvalue weighted by Crippen LogP contribution is -2.42. The van der Waals surface area contributed by atoms with E-state index in [0.29, 0.717) is 5.65 Å². The molecule has 0 aliphatic heterocycles. The van der Waals surface area contributed by atoms with Gasteiger partial charge in [-0.3, -0.25) is 0 Å². The van der Waals surface area contributed by atoms with Crippen LogP contribution in [-0.4, -0.2) is 19.5 Å². The van der Waals surface area contributed by atoms with E-state index in [4.69, 9.17) is 0 Å². The number of pyridine rings is 1. The predicted octanol–water partition coefficient (Wildman–Crippen LogP) is 2.25. The highest BCUT2D eigenvalue weighted by Crippen LogP contribution is 2.26. The topological polar surface area (TPSA) is 71.4 Å². The third-order valence-electron chi connectivity index (χ3n) is 4.43. The van der Waals surface area contributed by atoms with Gasteiger partial charge in [0.2, 0.25) is 0 Å². The Bertz CT molecular complexity index is 1210. The smallest absolute Gasteiger partial charge is 0.354 e. The molecule has 134 valence electrons. The lowest BCUT2D eigenvalue weighted by Gasteiger charge is -2.11. The summed E-state index contributed by atoms with van der Waals surface area (Å²) in [5, 5.41) is 11.0. The monoisotopic (exact) mass is 363 g/mol. The Balaban J connectivity index is 2.09. The quantitative estimate of drug-likeness (QED) is 0.567. The highest BCUT2D eigenvalue weighted by Gasteiger charge is 2.27. The van der Waals surface area contributed by atoms with Gasteiger partial charge in [0.05, 0.1) is 6.20 Å². The van der Waals surface area contributed by atoms with Gasteiger partial charge in [-0.1, -0.05) is 18.2 Å². The van der Waals surface area contributed by atoms with Crippen LogP contribution in [0.3, 0.4) is 0 Å². The molecule has 1 aromatic carbocycles. The van der Waals surface area contributed by atoms with Crippen molar-refractivity contribution in [2.24, 2.45) is 0 Å². The van der Waals surface area contributed by atoms with Gasteiger partial charge in [-0.05, 0) is 25.1 Å². The van der Waals surface area contributed by atoms with E-state index in [-0.39, 0.29) is 23.6 Å². The molecule has 6 nitrogen and oxygen atoms in total. The van der Waals surface area contributed by atoms with E-state index >= 15 is 0 Å². The van der Waals surface area contributed by atoms with Crippen molar-refractivity contribution in [3.05, 3.63) is 88.6 Å². The third kappa shape index (κ3) is 2.83. The molecule has 4 rings (SSSR count). The molecule has 0 bridgehead atoms. The second-order valence-corrected chi connectivity index (χ2v) is 6.20. The summed E-state index contributed by atoms with van der Waals surface area (Å²) < 4.78 is 17.4. The second kappa shape index (κ2) is 6.60. The van der Waals surface area contributed by atoms with Gasteiger partial charge in [0, 0.05) is 29.1 Å². The van der Waals surface area contributed by atoms with Crippen LogP contribution in [0, 0.1) is 12.7 Å². The van der Waals surface area contributed by atoms with E-state index < -0.39 is 11.4 Å². The first-order valence-corrected chi connectivity index (χ1v) is 8.33. The van der Waals surface area contributed by atoms with Crippen LogP contribution in [0.4, 0.5) is 4.39 Å². The summed E-state index contributed by atoms with van der Waals surface area (Å²) in [5.74, 6) is -0.879. The highest BCUT2D eigenvalue weighted by molar-refractivity contribution is 5.68. The molecule has 1 N–H and O–H groups in total. The Labute approximate surface area is 153 Å². The Kier molecular flexibility index (Phi) is 4.12. The maximum absolute atomic E-state index is 14.4. The minimum Gasteiger partial charge on any atom is -0.477 e. The van der Waals surface area contributed by atoms with Gasteiger partial charge >= 0.3 is 5.56 Å². The first-order valence-electron chi connectivity index (χ1n) is 8.33. The van der Waals surface area contributed by atoms with E-state index in [1.54, 1.807) is 35.3 Å². The molecule has 3 aromatic heterocycles. The van der Waals surface area contributed by atoms with Gasteiger partial charge < -0.3 is 5.11 Å². The van der Waals surface area contributed by atoms with Gasteiger partial charge in [0.1, 0.15) is 18.7 Å². The zero-order valence-electron chi connectivity index (χ0n) is 14.5. The number of fused-ring (bicyclic) bond motifs is 1. The fourth-order valence-corrected chi connectivity index (χ4v) is 3.21. The van der Waals surface area contributed by atoms with Gasteiger partial charge in [0.15, 0.2) is 5.56 Å². The molecule has 0 aliphatic rings. The van der Waals surface area contributed by atoms with Crippen molar-refractivity contribution in [1.82, 2.24) is 14.4 Å². The van der Waals surface area contributed by atoms with Gasteiger partial charge in [0.25, 0.3) is 11.5 Å². The van der Waals surface area contributed by atoms with Crippen LogP contribution < -0.4 is 10.1 Å². The lowest BCUT2D eigenvalue weighted by atomic mass is 10.1. The number of hydrogen-bond acceptors (Lipinski definition) is 4. The zero-order chi connectivity index (χ0) is 19.0. The van der Waals surface area contributed by atoms with Crippen molar-refractivity contribution in [1.29, 1.82) is 0 Å². The summed E-state index contributed by atoms with van der Waals surface area (Å²) in [6.07, 6.45) is 6.27. The zero-order valence-corrected chi connectivity index (χ0v) is 14.5. The normalized spacial score (nSPS) is 11.0. The minimum absolute atomic E-state index is 0.0500. The summed E-state index contributed by atoms with van der Waals surface area (Å²) in [5.41, 5.74) is 1.52. The molecule has 0 amide bonds. The maximum Gasteiger partial charge on any atom is 0.354 e. The molecule has 0 atom stereocenters. The summed E-state index contributed by atoms with van der Waals surface area (Å²) in [6.45, 7) is 2.07. The van der Waals surface area contributed by atoms with E-state index in [9.17, 15) is 14.3 Å². The number of rotatable bonds is 3. The van der Waals surface area contributed by atoms with Crippen molar-refractivity contribution >= 4 is 5.65 Å². The number of nitrogens with zero attached hydrogens (tertiary/aromatic N) is 4. The summed E-state index contributed by atoms with van der Waals surface area (Å²) in [7, 11) is 0. The number of hydrogen-bond donors (Lipinski definition) is 1. The van der Waals surface area contributed by atoms with Gasteiger partial charge in [-0.2, -0.15) is 8.97 Å². The standard InChI is InChI=1S/C20H15FN4O2/c1-13-5-4-8-24-18(13)25(11-14-9-22-12-23-10-14)20(27)17(19(24)26)15-6-2-3-7-16(15)21/h2-10,12H,11H2,1H3/p+1. The fourth-order valence-electron chi connectivity index (χ4n) is 3.21. The van der Waals surface area contributed by atoms with E-state index in [1.165, 1.54) is 28.9 Å². The first-order chi connectivity index (χ1) is 13.1. The van der Waals surface area contributed by atoms with Crippen LogP contribution in [0.15, 0.2) is 66.1 Å². The molecular formula is C20H16FN4O2+. The van der Waals surface area contributed by atoms with Crippen LogP contribution in [0.5, 0.6) is 5.88 Å². The minimum atomic E-state index is -0.577. The van der Waals surface area contributed by atoms with Crippen molar-refractivity contribution in [2.75, 3.05) is 0 Å².